The van der Waals surface area contributed by atoms with E-state index >= 15 is 0 Å². The number of carboxylic acid groups (broad SMARTS) is 1. The number of rotatable bonds is 1. The van der Waals surface area contributed by atoms with Crippen LogP contribution >= 0.6 is 12.6 Å². The highest BCUT2D eigenvalue weighted by molar-refractivity contribution is 7.79. The first kappa shape index (κ1) is 9.83. The van der Waals surface area contributed by atoms with Crippen LogP contribution < -0.4 is 5.73 Å². The largest absolute Gasteiger partial charge is 0.465 e. The third kappa shape index (κ3) is 6.72. The normalized spacial score (nSPS) is 8.09. The molecule has 6 heteroatoms. The van der Waals surface area contributed by atoms with E-state index in [0.29, 0.717) is 5.75 Å². The molecule has 0 unspecified atom stereocenters. The number of nitrogens with two attached hydrogens (primary N) is 1. The van der Waals surface area contributed by atoms with E-state index in [1.807, 2.05) is 0 Å². The van der Waals surface area contributed by atoms with Gasteiger partial charge in [-0.05, 0) is 0 Å². The summed E-state index contributed by atoms with van der Waals surface area (Å²) in [7, 11) is 0. The Morgan fingerprint density at radius 3 is 2.64 bits per heavy atom. The van der Waals surface area contributed by atoms with Crippen molar-refractivity contribution in [1.82, 2.24) is 5.16 Å². The average molecular weight is 176 g/mol. The van der Waals surface area contributed by atoms with Crippen molar-refractivity contribution in [1.29, 1.82) is 0 Å². The Labute approximate surface area is 68.6 Å². The third-order valence-electron chi connectivity index (χ3n) is 0.653. The zero-order valence-electron chi connectivity index (χ0n) is 5.60. The van der Waals surface area contributed by atoms with Gasteiger partial charge in [0.25, 0.3) is 0 Å². The van der Waals surface area contributed by atoms with Crippen molar-refractivity contribution >= 4 is 18.7 Å². The van der Waals surface area contributed by atoms with Gasteiger partial charge in [-0.2, -0.15) is 12.6 Å². The number of carbonyl (C=O) groups is 1. The molecular weight excluding hydrogens is 168 g/mol. The molecule has 1 heterocycles. The van der Waals surface area contributed by atoms with Gasteiger partial charge < -0.3 is 15.4 Å². The van der Waals surface area contributed by atoms with Crippen LogP contribution in [0.2, 0.25) is 0 Å². The second kappa shape index (κ2) is 5.60. The van der Waals surface area contributed by atoms with Gasteiger partial charge in [0.1, 0.15) is 6.26 Å². The molecule has 1 aromatic heterocycles. The molecule has 3 N–H and O–H groups in total. The van der Waals surface area contributed by atoms with Crippen LogP contribution in [-0.4, -0.2) is 16.4 Å². The number of hydrogen-bond acceptors (Lipinski definition) is 4. The van der Waals surface area contributed by atoms with E-state index in [4.69, 9.17) is 9.90 Å². The molecule has 1 amide bonds. The Balaban J connectivity index is 0.000000218. The smallest absolute Gasteiger partial charge is 0.402 e. The lowest BCUT2D eigenvalue weighted by molar-refractivity contribution is 0.205. The number of hydrogen-bond donors (Lipinski definition) is 3. The molecule has 0 aliphatic heterocycles. The summed E-state index contributed by atoms with van der Waals surface area (Å²) in [6.45, 7) is 0. The van der Waals surface area contributed by atoms with Gasteiger partial charge in [-0.3, -0.25) is 0 Å². The highest BCUT2D eigenvalue weighted by Crippen LogP contribution is 1.96. The predicted octanol–water partition coefficient (Wildman–Crippen LogP) is 0.728. The summed E-state index contributed by atoms with van der Waals surface area (Å²) in [5.74, 6) is 0.649. The van der Waals surface area contributed by atoms with Crippen molar-refractivity contribution in [3.63, 3.8) is 0 Å². The SMILES string of the molecule is NC(=O)O.SCc1ccon1. The lowest BCUT2D eigenvalue weighted by Crippen LogP contribution is -2.03. The summed E-state index contributed by atoms with van der Waals surface area (Å²) in [6.07, 6.45) is 0.200. The van der Waals surface area contributed by atoms with Crippen LogP contribution in [0.25, 0.3) is 0 Å². The molecule has 0 saturated heterocycles. The molecule has 0 atom stereocenters. The maximum absolute atomic E-state index is 8.78. The highest BCUT2D eigenvalue weighted by Gasteiger charge is 1.86. The van der Waals surface area contributed by atoms with Crippen LogP contribution in [-0.2, 0) is 5.75 Å². The molecule has 1 aromatic rings. The van der Waals surface area contributed by atoms with E-state index in [0.717, 1.165) is 5.69 Å². The molecule has 5 nitrogen and oxygen atoms in total. The third-order valence-corrected chi connectivity index (χ3v) is 0.977. The van der Waals surface area contributed by atoms with E-state index in [1.54, 1.807) is 6.07 Å². The Kier molecular flexibility index (Phi) is 5.01. The number of aromatic nitrogens is 1. The van der Waals surface area contributed by atoms with Gasteiger partial charge in [0.2, 0.25) is 0 Å². The Morgan fingerprint density at radius 1 is 1.91 bits per heavy atom. The first-order chi connectivity index (χ1) is 5.16. The molecule has 0 aliphatic rings. The van der Waals surface area contributed by atoms with Crippen molar-refractivity contribution in [3.05, 3.63) is 18.0 Å². The van der Waals surface area contributed by atoms with E-state index in [9.17, 15) is 0 Å². The van der Waals surface area contributed by atoms with Crippen LogP contribution in [0.15, 0.2) is 16.9 Å². The minimum Gasteiger partial charge on any atom is -0.465 e. The first-order valence-corrected chi connectivity index (χ1v) is 3.28. The fraction of sp³-hybridized carbons (Fsp3) is 0.200. The maximum atomic E-state index is 8.78. The van der Waals surface area contributed by atoms with E-state index in [2.05, 4.69) is 28.0 Å². The average Bonchev–Trinajstić information content (AvgIpc) is 2.36. The second-order valence-electron chi connectivity index (χ2n) is 1.49. The summed E-state index contributed by atoms with van der Waals surface area (Å²) >= 11 is 3.95. The van der Waals surface area contributed by atoms with Crippen molar-refractivity contribution < 1.29 is 14.4 Å². The van der Waals surface area contributed by atoms with Crippen LogP contribution in [0.1, 0.15) is 5.69 Å². The molecular formula is C5H8N2O3S. The Bertz CT molecular complexity index is 196. The van der Waals surface area contributed by atoms with Crippen LogP contribution in [0.4, 0.5) is 4.79 Å². The van der Waals surface area contributed by atoms with Gasteiger partial charge in [-0.15, -0.1) is 0 Å². The summed E-state index contributed by atoms with van der Waals surface area (Å²) in [5, 5.41) is 10.8. The Hall–Kier alpha value is -1.17. The van der Waals surface area contributed by atoms with Crippen LogP contribution in [0, 0.1) is 0 Å². The zero-order chi connectivity index (χ0) is 8.69. The molecule has 0 aromatic carbocycles. The second-order valence-corrected chi connectivity index (χ2v) is 1.80. The predicted molar refractivity (Wildman–Crippen MR) is 41.4 cm³/mol. The molecule has 1 rings (SSSR count). The minimum atomic E-state index is -1.33. The highest BCUT2D eigenvalue weighted by atomic mass is 32.1. The minimum absolute atomic E-state index is 0.649. The van der Waals surface area contributed by atoms with Gasteiger partial charge in [0.05, 0.1) is 5.69 Å². The zero-order valence-corrected chi connectivity index (χ0v) is 6.49. The van der Waals surface area contributed by atoms with Crippen LogP contribution in [0.5, 0.6) is 0 Å². The number of primary amides is 1. The number of nitrogens with zero attached hydrogens (tertiary/aromatic N) is 1. The first-order valence-electron chi connectivity index (χ1n) is 2.65. The summed E-state index contributed by atoms with van der Waals surface area (Å²) < 4.78 is 4.51. The molecule has 0 spiro atoms. The van der Waals surface area contributed by atoms with Crippen molar-refractivity contribution in [3.8, 4) is 0 Å². The topological polar surface area (TPSA) is 89.4 Å². The molecule has 0 bridgehead atoms. The van der Waals surface area contributed by atoms with Gasteiger partial charge >= 0.3 is 6.09 Å². The quantitative estimate of drug-likeness (QED) is 0.550. The fourth-order valence-corrected chi connectivity index (χ4v) is 0.482. The van der Waals surface area contributed by atoms with Gasteiger partial charge in [0, 0.05) is 11.8 Å². The molecule has 11 heavy (non-hydrogen) atoms. The number of amides is 1. The summed E-state index contributed by atoms with van der Waals surface area (Å²) in [5.41, 5.74) is 4.91. The monoisotopic (exact) mass is 176 g/mol. The standard InChI is InChI=1S/C4H5NOS.CH3NO2/c7-3-4-1-2-6-5-4;2-1(3)4/h1-2,7H,3H2;2H2,(H,3,4). The van der Waals surface area contributed by atoms with Crippen molar-refractivity contribution in [2.45, 2.75) is 5.75 Å². The van der Waals surface area contributed by atoms with Crippen LogP contribution in [0.3, 0.4) is 0 Å². The number of thiol groups is 1. The van der Waals surface area contributed by atoms with Crippen molar-refractivity contribution in [2.24, 2.45) is 5.73 Å². The summed E-state index contributed by atoms with van der Waals surface area (Å²) in [4.78, 5) is 8.78. The van der Waals surface area contributed by atoms with E-state index in [1.165, 1.54) is 6.26 Å². The molecule has 0 radical (unpaired) electrons. The lowest BCUT2D eigenvalue weighted by Gasteiger charge is -1.74. The molecule has 0 aliphatic carbocycles. The fourth-order valence-electron chi connectivity index (χ4n) is 0.319. The van der Waals surface area contributed by atoms with Gasteiger partial charge in [-0.1, -0.05) is 5.16 Å². The maximum Gasteiger partial charge on any atom is 0.402 e. The van der Waals surface area contributed by atoms with E-state index < -0.39 is 6.09 Å². The summed E-state index contributed by atoms with van der Waals surface area (Å²) in [6, 6.07) is 1.78. The van der Waals surface area contributed by atoms with E-state index in [-0.39, 0.29) is 0 Å². The molecule has 0 saturated carbocycles. The molecule has 0 fully saturated rings. The molecule has 62 valence electrons. The van der Waals surface area contributed by atoms with Gasteiger partial charge in [-0.25, -0.2) is 4.79 Å². The lowest BCUT2D eigenvalue weighted by atomic mass is 10.5. The Morgan fingerprint density at radius 2 is 2.45 bits per heavy atom. The van der Waals surface area contributed by atoms with Crippen molar-refractivity contribution in [2.75, 3.05) is 0 Å². The van der Waals surface area contributed by atoms with Gasteiger partial charge in [0.15, 0.2) is 0 Å².